The monoisotopic (exact) mass is 253 g/mol. The summed E-state index contributed by atoms with van der Waals surface area (Å²) in [5.74, 6) is -0.0348. The van der Waals surface area contributed by atoms with Crippen molar-refractivity contribution in [2.24, 2.45) is 0 Å². The zero-order chi connectivity index (χ0) is 13.0. The van der Waals surface area contributed by atoms with Crippen molar-refractivity contribution in [1.29, 1.82) is 0 Å². The first-order chi connectivity index (χ1) is 8.70. The van der Waals surface area contributed by atoms with Crippen molar-refractivity contribution < 1.29 is 9.59 Å². The predicted molar refractivity (Wildman–Crippen MR) is 69.1 cm³/mol. The summed E-state index contributed by atoms with van der Waals surface area (Å²) in [5.41, 5.74) is 0. The number of carbonyl (C=O) groups excluding carboxylic acids is 2. The number of likely N-dealkylation sites (tertiary alicyclic amines) is 1. The van der Waals surface area contributed by atoms with Gasteiger partial charge in [0.05, 0.1) is 6.54 Å². The lowest BCUT2D eigenvalue weighted by Crippen LogP contribution is -2.44. The average molecular weight is 253 g/mol. The molecule has 2 rings (SSSR count). The van der Waals surface area contributed by atoms with Gasteiger partial charge in [0.15, 0.2) is 0 Å². The van der Waals surface area contributed by atoms with Crippen molar-refractivity contribution in [2.45, 2.75) is 38.6 Å². The Balaban J connectivity index is 1.81. The summed E-state index contributed by atoms with van der Waals surface area (Å²) >= 11 is 0. The van der Waals surface area contributed by atoms with Crippen LogP contribution in [-0.2, 0) is 9.59 Å². The molecule has 0 aromatic carbocycles. The number of carbonyl (C=O) groups is 2. The highest BCUT2D eigenvalue weighted by atomic mass is 16.2. The number of nitrogens with one attached hydrogen (secondary N) is 1. The summed E-state index contributed by atoms with van der Waals surface area (Å²) in [6.07, 6.45) is 3.76. The van der Waals surface area contributed by atoms with E-state index in [0.717, 1.165) is 26.1 Å². The molecular weight excluding hydrogens is 230 g/mol. The van der Waals surface area contributed by atoms with Gasteiger partial charge < -0.3 is 5.32 Å². The molecule has 2 amide bonds. The van der Waals surface area contributed by atoms with E-state index in [1.54, 1.807) is 0 Å². The fourth-order valence-corrected chi connectivity index (χ4v) is 2.72. The van der Waals surface area contributed by atoms with E-state index in [9.17, 15) is 9.59 Å². The molecule has 0 aromatic heterocycles. The maximum absolute atomic E-state index is 12.0. The van der Waals surface area contributed by atoms with Crippen molar-refractivity contribution in [3.05, 3.63) is 0 Å². The molecule has 1 atom stereocenters. The van der Waals surface area contributed by atoms with Gasteiger partial charge in [-0.3, -0.25) is 19.4 Å². The molecule has 2 aliphatic heterocycles. The molecule has 2 fully saturated rings. The van der Waals surface area contributed by atoms with Crippen LogP contribution in [-0.4, -0.2) is 60.4 Å². The number of amides is 2. The second-order valence-corrected chi connectivity index (χ2v) is 5.16. The lowest BCUT2D eigenvalue weighted by molar-refractivity contribution is -0.142. The van der Waals surface area contributed by atoms with Crippen LogP contribution < -0.4 is 5.32 Å². The third-order valence-electron chi connectivity index (χ3n) is 3.82. The first kappa shape index (κ1) is 13.5. The number of imide groups is 1. The van der Waals surface area contributed by atoms with Gasteiger partial charge in [-0.2, -0.15) is 0 Å². The number of hydrogen-bond acceptors (Lipinski definition) is 4. The summed E-state index contributed by atoms with van der Waals surface area (Å²) in [5, 5.41) is 3.44. The Kier molecular flexibility index (Phi) is 4.72. The maximum Gasteiger partial charge on any atom is 0.243 e. The first-order valence-electron chi connectivity index (χ1n) is 6.99. The fraction of sp³-hybridized carbons (Fsp3) is 0.846. The van der Waals surface area contributed by atoms with Gasteiger partial charge >= 0.3 is 0 Å². The molecule has 2 heterocycles. The van der Waals surface area contributed by atoms with Crippen LogP contribution in [0.15, 0.2) is 0 Å². The van der Waals surface area contributed by atoms with Crippen LogP contribution in [0.5, 0.6) is 0 Å². The zero-order valence-corrected chi connectivity index (χ0v) is 11.2. The van der Waals surface area contributed by atoms with Crippen molar-refractivity contribution in [3.8, 4) is 0 Å². The molecule has 0 aromatic rings. The van der Waals surface area contributed by atoms with Gasteiger partial charge in [-0.1, -0.05) is 6.92 Å². The van der Waals surface area contributed by atoms with Crippen LogP contribution in [0, 0.1) is 0 Å². The van der Waals surface area contributed by atoms with Gasteiger partial charge in [0.2, 0.25) is 11.8 Å². The summed E-state index contributed by atoms with van der Waals surface area (Å²) in [4.78, 5) is 27.1. The SMILES string of the molecule is CCN(CC(=O)N1CCCC1=O)CC1CCCN1. The third-order valence-corrected chi connectivity index (χ3v) is 3.82. The van der Waals surface area contributed by atoms with Crippen LogP contribution in [0.25, 0.3) is 0 Å². The average Bonchev–Trinajstić information content (AvgIpc) is 2.99. The molecule has 1 unspecified atom stereocenters. The standard InChI is InChI=1S/C13H23N3O2/c1-2-15(9-11-5-3-7-14-11)10-13(18)16-8-4-6-12(16)17/h11,14H,2-10H2,1H3. The van der Waals surface area contributed by atoms with Gasteiger partial charge in [0.25, 0.3) is 0 Å². The van der Waals surface area contributed by atoms with Crippen LogP contribution in [0.3, 0.4) is 0 Å². The smallest absolute Gasteiger partial charge is 0.243 e. The van der Waals surface area contributed by atoms with Crippen molar-refractivity contribution in [2.75, 3.05) is 32.7 Å². The number of rotatable bonds is 5. The van der Waals surface area contributed by atoms with Crippen LogP contribution in [0.1, 0.15) is 32.6 Å². The number of hydrogen-bond donors (Lipinski definition) is 1. The molecule has 102 valence electrons. The van der Waals surface area contributed by atoms with Crippen LogP contribution >= 0.6 is 0 Å². The van der Waals surface area contributed by atoms with E-state index < -0.39 is 0 Å². The van der Waals surface area contributed by atoms with Gasteiger partial charge in [-0.15, -0.1) is 0 Å². The predicted octanol–water partition coefficient (Wildman–Crippen LogP) is 0.209. The quantitative estimate of drug-likeness (QED) is 0.761. The van der Waals surface area contributed by atoms with Crippen LogP contribution in [0.2, 0.25) is 0 Å². The highest BCUT2D eigenvalue weighted by molar-refractivity contribution is 5.97. The van der Waals surface area contributed by atoms with E-state index in [0.29, 0.717) is 25.6 Å². The molecule has 2 aliphatic rings. The van der Waals surface area contributed by atoms with E-state index in [2.05, 4.69) is 17.1 Å². The largest absolute Gasteiger partial charge is 0.313 e. The van der Waals surface area contributed by atoms with Gasteiger partial charge in [0.1, 0.15) is 0 Å². The van der Waals surface area contributed by atoms with Gasteiger partial charge in [0, 0.05) is 25.6 Å². The molecule has 5 nitrogen and oxygen atoms in total. The van der Waals surface area contributed by atoms with Gasteiger partial charge in [-0.05, 0) is 32.4 Å². The van der Waals surface area contributed by atoms with E-state index in [1.807, 2.05) is 0 Å². The minimum Gasteiger partial charge on any atom is -0.313 e. The second-order valence-electron chi connectivity index (χ2n) is 5.16. The second kappa shape index (κ2) is 6.29. The Hall–Kier alpha value is -0.940. The fourth-order valence-electron chi connectivity index (χ4n) is 2.72. The van der Waals surface area contributed by atoms with E-state index in [1.165, 1.54) is 17.7 Å². The summed E-state index contributed by atoms with van der Waals surface area (Å²) in [6, 6.07) is 0.507. The first-order valence-corrected chi connectivity index (χ1v) is 6.99. The maximum atomic E-state index is 12.0. The Morgan fingerprint density at radius 2 is 2.33 bits per heavy atom. The molecule has 0 saturated carbocycles. The Labute approximate surface area is 108 Å². The molecule has 0 aliphatic carbocycles. The molecular formula is C13H23N3O2. The molecule has 5 heteroatoms. The molecule has 2 saturated heterocycles. The van der Waals surface area contributed by atoms with Crippen molar-refractivity contribution in [1.82, 2.24) is 15.1 Å². The lowest BCUT2D eigenvalue weighted by Gasteiger charge is -2.25. The Morgan fingerprint density at radius 1 is 1.50 bits per heavy atom. The van der Waals surface area contributed by atoms with Gasteiger partial charge in [-0.25, -0.2) is 0 Å². The summed E-state index contributed by atoms with van der Waals surface area (Å²) in [7, 11) is 0. The van der Waals surface area contributed by atoms with E-state index in [-0.39, 0.29) is 11.8 Å². The number of likely N-dealkylation sites (N-methyl/N-ethyl adjacent to an activating group) is 1. The van der Waals surface area contributed by atoms with E-state index in [4.69, 9.17) is 0 Å². The van der Waals surface area contributed by atoms with Crippen molar-refractivity contribution >= 4 is 11.8 Å². The highest BCUT2D eigenvalue weighted by Gasteiger charge is 2.28. The summed E-state index contributed by atoms with van der Waals surface area (Å²) in [6.45, 7) is 5.89. The summed E-state index contributed by atoms with van der Waals surface area (Å²) < 4.78 is 0. The highest BCUT2D eigenvalue weighted by Crippen LogP contribution is 2.11. The van der Waals surface area contributed by atoms with E-state index >= 15 is 0 Å². The zero-order valence-electron chi connectivity index (χ0n) is 11.2. The minimum atomic E-state index is -0.0302. The Morgan fingerprint density at radius 3 is 2.89 bits per heavy atom. The Bertz CT molecular complexity index is 313. The topological polar surface area (TPSA) is 52.7 Å². The minimum absolute atomic E-state index is 0.00459. The number of nitrogens with zero attached hydrogens (tertiary/aromatic N) is 2. The molecule has 0 radical (unpaired) electrons. The third kappa shape index (κ3) is 3.29. The normalized spacial score (nSPS) is 24.2. The van der Waals surface area contributed by atoms with Crippen LogP contribution in [0.4, 0.5) is 0 Å². The molecule has 18 heavy (non-hydrogen) atoms. The molecule has 0 spiro atoms. The molecule has 0 bridgehead atoms. The lowest BCUT2D eigenvalue weighted by atomic mass is 10.2. The molecule has 1 N–H and O–H groups in total. The van der Waals surface area contributed by atoms with Crippen molar-refractivity contribution in [3.63, 3.8) is 0 Å².